The van der Waals surface area contributed by atoms with Crippen LogP contribution in [0.2, 0.25) is 0 Å². The van der Waals surface area contributed by atoms with Gasteiger partial charge in [0.05, 0.1) is 18.8 Å². The summed E-state index contributed by atoms with van der Waals surface area (Å²) >= 11 is 0. The van der Waals surface area contributed by atoms with Crippen LogP contribution in [0.1, 0.15) is 26.7 Å². The zero-order chi connectivity index (χ0) is 16.2. The molecule has 2 fully saturated rings. The first-order chi connectivity index (χ1) is 10.4. The van der Waals surface area contributed by atoms with Crippen molar-refractivity contribution >= 4 is 22.6 Å². The van der Waals surface area contributed by atoms with Gasteiger partial charge in [-0.25, -0.2) is 4.72 Å². The Hall–Kier alpha value is 0.0400. The monoisotopic (exact) mass is 371 g/mol. The van der Waals surface area contributed by atoms with Gasteiger partial charge in [-0.15, -0.1) is 12.4 Å². The SMILES string of the molecule is COCC1(CNS(=O)(=O)N2CC(C)OC(C)C2)CCNCC1.Cl. The molecule has 2 aliphatic rings. The number of hydrogen-bond donors (Lipinski definition) is 2. The average Bonchev–Trinajstić information content (AvgIpc) is 2.46. The normalized spacial score (nSPS) is 29.0. The summed E-state index contributed by atoms with van der Waals surface area (Å²) in [6.45, 7) is 7.40. The van der Waals surface area contributed by atoms with Crippen molar-refractivity contribution in [1.82, 2.24) is 14.3 Å². The Morgan fingerprint density at radius 1 is 1.26 bits per heavy atom. The van der Waals surface area contributed by atoms with Gasteiger partial charge in [-0.2, -0.15) is 12.7 Å². The predicted octanol–water partition coefficient (Wildman–Crippen LogP) is 0.368. The number of ether oxygens (including phenoxy) is 2. The summed E-state index contributed by atoms with van der Waals surface area (Å²) in [6.07, 6.45) is 1.68. The molecule has 0 amide bonds. The Labute approximate surface area is 146 Å². The summed E-state index contributed by atoms with van der Waals surface area (Å²) in [5.41, 5.74) is -0.114. The number of morpholine rings is 1. The lowest BCUT2D eigenvalue weighted by molar-refractivity contribution is -0.0445. The van der Waals surface area contributed by atoms with Crippen molar-refractivity contribution < 1.29 is 17.9 Å². The standard InChI is InChI=1S/C14H29N3O4S.ClH/c1-12-8-17(9-13(2)21-12)22(18,19)16-10-14(11-20-3)4-6-15-7-5-14;/h12-13,15-16H,4-11H2,1-3H3;1H. The molecule has 0 aromatic carbocycles. The van der Waals surface area contributed by atoms with Crippen LogP contribution in [0.15, 0.2) is 0 Å². The number of nitrogens with one attached hydrogen (secondary N) is 2. The van der Waals surface area contributed by atoms with Crippen LogP contribution < -0.4 is 10.0 Å². The zero-order valence-corrected chi connectivity index (χ0v) is 15.8. The van der Waals surface area contributed by atoms with Gasteiger partial charge < -0.3 is 14.8 Å². The number of piperidine rings is 1. The van der Waals surface area contributed by atoms with E-state index in [1.807, 2.05) is 13.8 Å². The predicted molar refractivity (Wildman–Crippen MR) is 92.2 cm³/mol. The molecule has 2 N–H and O–H groups in total. The van der Waals surface area contributed by atoms with Gasteiger partial charge in [-0.1, -0.05) is 0 Å². The minimum Gasteiger partial charge on any atom is -0.384 e. The van der Waals surface area contributed by atoms with E-state index >= 15 is 0 Å². The zero-order valence-electron chi connectivity index (χ0n) is 14.2. The average molecular weight is 372 g/mol. The van der Waals surface area contributed by atoms with Crippen LogP contribution in [-0.4, -0.2) is 71.4 Å². The van der Waals surface area contributed by atoms with Crippen molar-refractivity contribution in [3.05, 3.63) is 0 Å². The summed E-state index contributed by atoms with van der Waals surface area (Å²) in [4.78, 5) is 0. The van der Waals surface area contributed by atoms with E-state index in [0.29, 0.717) is 26.2 Å². The van der Waals surface area contributed by atoms with Gasteiger partial charge in [0, 0.05) is 32.2 Å². The number of halogens is 1. The fourth-order valence-corrected chi connectivity index (χ4v) is 4.78. The molecular formula is C14H30ClN3O4S. The van der Waals surface area contributed by atoms with E-state index in [1.54, 1.807) is 7.11 Å². The molecule has 0 saturated carbocycles. The highest BCUT2D eigenvalue weighted by Gasteiger charge is 2.36. The molecule has 2 unspecified atom stereocenters. The fourth-order valence-electron chi connectivity index (χ4n) is 3.30. The van der Waals surface area contributed by atoms with E-state index in [0.717, 1.165) is 25.9 Å². The molecular weight excluding hydrogens is 342 g/mol. The Balaban J connectivity index is 0.00000264. The smallest absolute Gasteiger partial charge is 0.279 e. The maximum Gasteiger partial charge on any atom is 0.279 e. The van der Waals surface area contributed by atoms with E-state index in [-0.39, 0.29) is 30.0 Å². The van der Waals surface area contributed by atoms with Crippen LogP contribution in [0.5, 0.6) is 0 Å². The molecule has 2 heterocycles. The second-order valence-electron chi connectivity index (χ2n) is 6.58. The lowest BCUT2D eigenvalue weighted by Crippen LogP contribution is -2.54. The molecule has 138 valence electrons. The van der Waals surface area contributed by atoms with E-state index in [9.17, 15) is 8.42 Å². The van der Waals surface area contributed by atoms with Crippen molar-refractivity contribution in [2.45, 2.75) is 38.9 Å². The van der Waals surface area contributed by atoms with Crippen molar-refractivity contribution in [2.24, 2.45) is 5.41 Å². The van der Waals surface area contributed by atoms with E-state index in [4.69, 9.17) is 9.47 Å². The first-order valence-electron chi connectivity index (χ1n) is 7.97. The van der Waals surface area contributed by atoms with E-state index in [1.165, 1.54) is 4.31 Å². The van der Waals surface area contributed by atoms with Crippen LogP contribution in [-0.2, 0) is 19.7 Å². The Morgan fingerprint density at radius 3 is 2.35 bits per heavy atom. The highest BCUT2D eigenvalue weighted by atomic mass is 35.5. The summed E-state index contributed by atoms with van der Waals surface area (Å²) < 4.78 is 40.4. The Morgan fingerprint density at radius 2 is 1.83 bits per heavy atom. The maximum absolute atomic E-state index is 12.6. The maximum atomic E-state index is 12.6. The largest absolute Gasteiger partial charge is 0.384 e. The Kier molecular flexibility index (Phi) is 8.19. The van der Waals surface area contributed by atoms with Crippen molar-refractivity contribution in [1.29, 1.82) is 0 Å². The van der Waals surface area contributed by atoms with Crippen LogP contribution in [0.4, 0.5) is 0 Å². The molecule has 0 spiro atoms. The minimum absolute atomic E-state index is 0. The fraction of sp³-hybridized carbons (Fsp3) is 1.00. The highest BCUT2D eigenvalue weighted by molar-refractivity contribution is 7.87. The highest BCUT2D eigenvalue weighted by Crippen LogP contribution is 2.28. The topological polar surface area (TPSA) is 79.9 Å². The van der Waals surface area contributed by atoms with Gasteiger partial charge in [-0.05, 0) is 39.8 Å². The molecule has 0 aliphatic carbocycles. The number of nitrogens with zero attached hydrogens (tertiary/aromatic N) is 1. The summed E-state index contributed by atoms with van der Waals surface area (Å²) in [5, 5.41) is 3.31. The molecule has 23 heavy (non-hydrogen) atoms. The second kappa shape index (κ2) is 8.94. The lowest BCUT2D eigenvalue weighted by Gasteiger charge is -2.39. The van der Waals surface area contributed by atoms with Crippen LogP contribution in [0, 0.1) is 5.41 Å². The Bertz CT molecular complexity index is 441. The molecule has 2 atom stereocenters. The number of hydrogen-bond acceptors (Lipinski definition) is 5. The lowest BCUT2D eigenvalue weighted by atomic mass is 9.80. The summed E-state index contributed by atoms with van der Waals surface area (Å²) in [5.74, 6) is 0. The quantitative estimate of drug-likeness (QED) is 0.705. The number of rotatable bonds is 6. The van der Waals surface area contributed by atoms with Gasteiger partial charge in [0.1, 0.15) is 0 Å². The first kappa shape index (κ1) is 21.1. The molecule has 2 saturated heterocycles. The van der Waals surface area contributed by atoms with Crippen molar-refractivity contribution in [3.63, 3.8) is 0 Å². The van der Waals surface area contributed by atoms with Crippen molar-refractivity contribution in [2.75, 3.05) is 46.4 Å². The van der Waals surface area contributed by atoms with Gasteiger partial charge in [0.25, 0.3) is 10.2 Å². The van der Waals surface area contributed by atoms with Crippen LogP contribution >= 0.6 is 12.4 Å². The third-order valence-electron chi connectivity index (χ3n) is 4.47. The second-order valence-corrected chi connectivity index (χ2v) is 8.34. The molecule has 7 nitrogen and oxygen atoms in total. The van der Waals surface area contributed by atoms with Crippen molar-refractivity contribution in [3.8, 4) is 0 Å². The van der Waals surface area contributed by atoms with Gasteiger partial charge in [0.2, 0.25) is 0 Å². The third kappa shape index (κ3) is 5.81. The molecule has 9 heteroatoms. The van der Waals surface area contributed by atoms with Gasteiger partial charge in [0.15, 0.2) is 0 Å². The summed E-state index contributed by atoms with van der Waals surface area (Å²) in [6, 6.07) is 0. The molecule has 0 bridgehead atoms. The van der Waals surface area contributed by atoms with E-state index in [2.05, 4.69) is 10.0 Å². The molecule has 0 aromatic heterocycles. The number of methoxy groups -OCH3 is 1. The minimum atomic E-state index is -3.48. The molecule has 0 aromatic rings. The molecule has 2 aliphatic heterocycles. The molecule has 0 radical (unpaired) electrons. The third-order valence-corrected chi connectivity index (χ3v) is 5.96. The first-order valence-corrected chi connectivity index (χ1v) is 9.41. The van der Waals surface area contributed by atoms with Crippen LogP contribution in [0.25, 0.3) is 0 Å². The van der Waals surface area contributed by atoms with E-state index < -0.39 is 10.2 Å². The summed E-state index contributed by atoms with van der Waals surface area (Å²) in [7, 11) is -1.81. The molecule has 2 rings (SSSR count). The van der Waals surface area contributed by atoms with Crippen LogP contribution in [0.3, 0.4) is 0 Å². The van der Waals surface area contributed by atoms with Gasteiger partial charge >= 0.3 is 0 Å². The van der Waals surface area contributed by atoms with Gasteiger partial charge in [-0.3, -0.25) is 0 Å².